The number of thiol groups is 1. The van der Waals surface area contributed by atoms with E-state index in [2.05, 4.69) is 24.2 Å². The van der Waals surface area contributed by atoms with Crippen LogP contribution >= 0.6 is 12.6 Å². The fraction of sp³-hybridized carbons (Fsp3) is 0.400. The van der Waals surface area contributed by atoms with Gasteiger partial charge >= 0.3 is 5.69 Å². The molecule has 0 radical (unpaired) electrons. The van der Waals surface area contributed by atoms with Crippen LogP contribution in [-0.4, -0.2) is 15.3 Å². The number of aromatic nitrogens is 2. The van der Waals surface area contributed by atoms with Crippen molar-refractivity contribution < 1.29 is 0 Å². The highest BCUT2D eigenvalue weighted by molar-refractivity contribution is 7.80. The lowest BCUT2D eigenvalue weighted by atomic mass is 10.3. The molecule has 0 aromatic carbocycles. The number of hydrogen-bond acceptors (Lipinski definition) is 3. The van der Waals surface area contributed by atoms with Crippen molar-refractivity contribution in [3.63, 3.8) is 0 Å². The third kappa shape index (κ3) is 2.48. The Balaban J connectivity index is 3.09. The van der Waals surface area contributed by atoms with Crippen LogP contribution in [-0.2, 0) is 6.54 Å². The maximum atomic E-state index is 11.5. The Morgan fingerprint density at radius 2 is 2.29 bits per heavy atom. The monoisotopic (exact) mass is 210 g/mol. The van der Waals surface area contributed by atoms with Gasteiger partial charge < -0.3 is 0 Å². The van der Waals surface area contributed by atoms with Crippen molar-refractivity contribution in [2.75, 3.05) is 5.75 Å². The van der Waals surface area contributed by atoms with Crippen LogP contribution in [0.15, 0.2) is 23.0 Å². The highest BCUT2D eigenvalue weighted by atomic mass is 32.1. The van der Waals surface area contributed by atoms with E-state index < -0.39 is 0 Å². The minimum absolute atomic E-state index is 0.217. The number of aryl methyl sites for hydroxylation is 2. The molecule has 76 valence electrons. The molecule has 1 aromatic heterocycles. The van der Waals surface area contributed by atoms with Crippen molar-refractivity contribution in [3.05, 3.63) is 40.1 Å². The van der Waals surface area contributed by atoms with E-state index in [9.17, 15) is 4.79 Å². The van der Waals surface area contributed by atoms with E-state index >= 15 is 0 Å². The van der Waals surface area contributed by atoms with Gasteiger partial charge in [0.05, 0.1) is 0 Å². The summed E-state index contributed by atoms with van der Waals surface area (Å²) in [5.41, 5.74) is 2.35. The van der Waals surface area contributed by atoms with E-state index in [0.29, 0.717) is 12.3 Å². The van der Waals surface area contributed by atoms with Gasteiger partial charge in [-0.2, -0.15) is 17.6 Å². The van der Waals surface area contributed by atoms with E-state index in [4.69, 9.17) is 0 Å². The molecule has 0 unspecified atom stereocenters. The first-order valence-corrected chi connectivity index (χ1v) is 5.00. The van der Waals surface area contributed by atoms with Crippen molar-refractivity contribution in [3.8, 4) is 0 Å². The highest BCUT2D eigenvalue weighted by Gasteiger charge is 2.03. The van der Waals surface area contributed by atoms with E-state index in [1.54, 1.807) is 4.57 Å². The fourth-order valence-corrected chi connectivity index (χ4v) is 1.34. The number of nitrogens with zero attached hydrogens (tertiary/aromatic N) is 2. The Morgan fingerprint density at radius 3 is 2.79 bits per heavy atom. The lowest BCUT2D eigenvalue weighted by Gasteiger charge is -2.09. The maximum absolute atomic E-state index is 11.5. The van der Waals surface area contributed by atoms with Crippen LogP contribution in [0.1, 0.15) is 11.4 Å². The molecule has 0 atom stereocenters. The van der Waals surface area contributed by atoms with Gasteiger partial charge in [0.2, 0.25) is 0 Å². The summed E-state index contributed by atoms with van der Waals surface area (Å²) in [6, 6.07) is 1.88. The second kappa shape index (κ2) is 4.46. The average Bonchev–Trinajstić information content (AvgIpc) is 2.10. The highest BCUT2D eigenvalue weighted by Crippen LogP contribution is 2.01. The minimum atomic E-state index is -0.217. The second-order valence-electron chi connectivity index (χ2n) is 3.32. The third-order valence-corrected chi connectivity index (χ3v) is 2.40. The van der Waals surface area contributed by atoms with Crippen molar-refractivity contribution in [2.24, 2.45) is 0 Å². The molecule has 0 aliphatic heterocycles. The molecule has 0 spiro atoms. The standard InChI is InChI=1S/C10H14N2OS/c1-7(6-14)5-12-9(3)4-8(2)11-10(12)13/h4,14H,1,5-6H2,2-3H3. The molecule has 0 aliphatic rings. The van der Waals surface area contributed by atoms with E-state index in [1.165, 1.54) is 0 Å². The molecule has 14 heavy (non-hydrogen) atoms. The summed E-state index contributed by atoms with van der Waals surface area (Å²) in [4.78, 5) is 15.4. The zero-order valence-electron chi connectivity index (χ0n) is 8.45. The normalized spacial score (nSPS) is 10.2. The summed E-state index contributed by atoms with van der Waals surface area (Å²) in [6.07, 6.45) is 0. The van der Waals surface area contributed by atoms with Crippen molar-refractivity contribution in [2.45, 2.75) is 20.4 Å². The summed E-state index contributed by atoms with van der Waals surface area (Å²) in [6.45, 7) is 8.01. The summed E-state index contributed by atoms with van der Waals surface area (Å²) in [5, 5.41) is 0. The van der Waals surface area contributed by atoms with Crippen LogP contribution in [0.5, 0.6) is 0 Å². The zero-order valence-corrected chi connectivity index (χ0v) is 9.34. The molecule has 3 nitrogen and oxygen atoms in total. The molecule has 0 bridgehead atoms. The molecule has 0 saturated carbocycles. The van der Waals surface area contributed by atoms with Crippen LogP contribution in [0, 0.1) is 13.8 Å². The van der Waals surface area contributed by atoms with Crippen LogP contribution in [0.3, 0.4) is 0 Å². The SMILES string of the molecule is C=C(CS)Cn1c(C)cc(C)nc1=O. The summed E-state index contributed by atoms with van der Waals surface area (Å²) >= 11 is 4.10. The lowest BCUT2D eigenvalue weighted by molar-refractivity contribution is 0.688. The molecule has 4 heteroatoms. The molecule has 0 fully saturated rings. The zero-order chi connectivity index (χ0) is 10.7. The minimum Gasteiger partial charge on any atom is -0.292 e. The summed E-state index contributed by atoms with van der Waals surface area (Å²) in [5.74, 6) is 0.583. The van der Waals surface area contributed by atoms with E-state index in [0.717, 1.165) is 17.0 Å². The van der Waals surface area contributed by atoms with Gasteiger partial charge in [-0.3, -0.25) is 4.57 Å². The van der Waals surface area contributed by atoms with Gasteiger partial charge in [-0.15, -0.1) is 0 Å². The first kappa shape index (κ1) is 11.0. The van der Waals surface area contributed by atoms with Gasteiger partial charge in [-0.25, -0.2) is 4.79 Å². The number of rotatable bonds is 3. The Labute approximate surface area is 88.9 Å². The van der Waals surface area contributed by atoms with Crippen LogP contribution in [0.2, 0.25) is 0 Å². The van der Waals surface area contributed by atoms with Gasteiger partial charge in [-0.1, -0.05) is 6.58 Å². The first-order chi connectivity index (χ1) is 6.54. The van der Waals surface area contributed by atoms with Gasteiger partial charge in [-0.05, 0) is 25.5 Å². The average molecular weight is 210 g/mol. The Kier molecular flexibility index (Phi) is 3.52. The molecule has 0 amide bonds. The summed E-state index contributed by atoms with van der Waals surface area (Å²) < 4.78 is 1.60. The Morgan fingerprint density at radius 1 is 1.64 bits per heavy atom. The molecule has 1 heterocycles. The summed E-state index contributed by atoms with van der Waals surface area (Å²) in [7, 11) is 0. The van der Waals surface area contributed by atoms with Gasteiger partial charge in [0.25, 0.3) is 0 Å². The Hall–Kier alpha value is -1.03. The molecular weight excluding hydrogens is 196 g/mol. The fourth-order valence-electron chi connectivity index (χ4n) is 1.24. The first-order valence-electron chi connectivity index (χ1n) is 4.37. The van der Waals surface area contributed by atoms with Gasteiger partial charge in [0.1, 0.15) is 0 Å². The molecule has 1 rings (SSSR count). The quantitative estimate of drug-likeness (QED) is 0.603. The van der Waals surface area contributed by atoms with Crippen molar-refractivity contribution >= 4 is 12.6 Å². The van der Waals surface area contributed by atoms with Crippen LogP contribution < -0.4 is 5.69 Å². The predicted octanol–water partition coefficient (Wildman–Crippen LogP) is 1.35. The van der Waals surface area contributed by atoms with E-state index in [-0.39, 0.29) is 5.69 Å². The van der Waals surface area contributed by atoms with Crippen molar-refractivity contribution in [1.82, 2.24) is 9.55 Å². The molecular formula is C10H14N2OS. The second-order valence-corrected chi connectivity index (χ2v) is 3.63. The maximum Gasteiger partial charge on any atom is 0.348 e. The van der Waals surface area contributed by atoms with Crippen LogP contribution in [0.4, 0.5) is 0 Å². The topological polar surface area (TPSA) is 34.9 Å². The van der Waals surface area contributed by atoms with Gasteiger partial charge in [0, 0.05) is 23.7 Å². The largest absolute Gasteiger partial charge is 0.348 e. The molecule has 0 aliphatic carbocycles. The van der Waals surface area contributed by atoms with Crippen LogP contribution in [0.25, 0.3) is 0 Å². The van der Waals surface area contributed by atoms with Crippen molar-refractivity contribution in [1.29, 1.82) is 0 Å². The third-order valence-electron chi connectivity index (χ3n) is 1.95. The Bertz CT molecular complexity index is 409. The molecule has 0 saturated heterocycles. The van der Waals surface area contributed by atoms with E-state index in [1.807, 2.05) is 19.9 Å². The molecule has 0 N–H and O–H groups in total. The molecule has 1 aromatic rings. The van der Waals surface area contributed by atoms with Gasteiger partial charge in [0.15, 0.2) is 0 Å². The predicted molar refractivity (Wildman–Crippen MR) is 61.0 cm³/mol. The lowest BCUT2D eigenvalue weighted by Crippen LogP contribution is -2.26. The smallest absolute Gasteiger partial charge is 0.292 e. The number of hydrogen-bond donors (Lipinski definition) is 1.